The van der Waals surface area contributed by atoms with Gasteiger partial charge >= 0.3 is 0 Å². The fourth-order valence-corrected chi connectivity index (χ4v) is 2.84. The molecule has 76 valence electrons. The van der Waals surface area contributed by atoms with E-state index in [9.17, 15) is 0 Å². The van der Waals surface area contributed by atoms with Crippen molar-refractivity contribution in [3.8, 4) is 0 Å². The molecule has 1 saturated carbocycles. The maximum absolute atomic E-state index is 6.00. The first-order chi connectivity index (χ1) is 6.03. The molecule has 0 spiro atoms. The zero-order chi connectivity index (χ0) is 9.90. The molecule has 0 aromatic rings. The van der Waals surface area contributed by atoms with Crippen molar-refractivity contribution in [3.05, 3.63) is 12.7 Å². The van der Waals surface area contributed by atoms with Crippen molar-refractivity contribution in [1.82, 2.24) is 0 Å². The lowest BCUT2D eigenvalue weighted by molar-refractivity contribution is 0.274. The second-order valence-electron chi connectivity index (χ2n) is 4.98. The summed E-state index contributed by atoms with van der Waals surface area (Å²) < 4.78 is 6.00. The van der Waals surface area contributed by atoms with Crippen molar-refractivity contribution >= 4 is 8.32 Å². The first-order valence-electron chi connectivity index (χ1n) is 5.31. The van der Waals surface area contributed by atoms with Gasteiger partial charge in [0.15, 0.2) is 8.32 Å². The van der Waals surface area contributed by atoms with Gasteiger partial charge in [-0.15, -0.1) is 6.58 Å². The summed E-state index contributed by atoms with van der Waals surface area (Å²) in [4.78, 5) is 0. The number of hydrogen-bond acceptors (Lipinski definition) is 1. The summed E-state index contributed by atoms with van der Waals surface area (Å²) in [6.45, 7) is 10.5. The van der Waals surface area contributed by atoms with Crippen molar-refractivity contribution in [2.45, 2.75) is 51.4 Å². The number of allylic oxidation sites excluding steroid dienone is 1. The van der Waals surface area contributed by atoms with Crippen molar-refractivity contribution in [3.63, 3.8) is 0 Å². The Morgan fingerprint density at radius 1 is 1.46 bits per heavy atom. The average Bonchev–Trinajstić information content (AvgIpc) is 2.65. The highest BCUT2D eigenvalue weighted by molar-refractivity contribution is 6.69. The standard InChI is InChI=1S/C11H22OSi/c1-5-6-7-8-10-9-11(10)12-13(2,3)4/h5,10-11H,1,6-9H2,2-4H3. The lowest BCUT2D eigenvalue weighted by Gasteiger charge is -2.17. The van der Waals surface area contributed by atoms with Crippen LogP contribution in [0.25, 0.3) is 0 Å². The Labute approximate surface area is 83.3 Å². The van der Waals surface area contributed by atoms with E-state index >= 15 is 0 Å². The lowest BCUT2D eigenvalue weighted by atomic mass is 10.2. The van der Waals surface area contributed by atoms with Crippen LogP contribution in [0.1, 0.15) is 25.7 Å². The molecule has 0 heterocycles. The van der Waals surface area contributed by atoms with Gasteiger partial charge in [0.1, 0.15) is 0 Å². The zero-order valence-electron chi connectivity index (χ0n) is 9.18. The maximum atomic E-state index is 6.00. The highest BCUT2D eigenvalue weighted by atomic mass is 28.4. The van der Waals surface area contributed by atoms with E-state index in [-0.39, 0.29) is 0 Å². The third-order valence-corrected chi connectivity index (χ3v) is 3.36. The molecule has 1 aliphatic carbocycles. The van der Waals surface area contributed by atoms with E-state index in [4.69, 9.17) is 4.43 Å². The number of hydrogen-bond donors (Lipinski definition) is 0. The van der Waals surface area contributed by atoms with Gasteiger partial charge in [0.05, 0.1) is 0 Å². The topological polar surface area (TPSA) is 9.23 Å². The van der Waals surface area contributed by atoms with Crippen LogP contribution in [0.4, 0.5) is 0 Å². The second-order valence-corrected chi connectivity index (χ2v) is 9.44. The Kier molecular flexibility index (Phi) is 3.74. The highest BCUT2D eigenvalue weighted by Crippen LogP contribution is 2.39. The van der Waals surface area contributed by atoms with E-state index in [0.717, 1.165) is 12.3 Å². The molecule has 2 unspecified atom stereocenters. The van der Waals surface area contributed by atoms with Gasteiger partial charge in [-0.05, 0) is 51.2 Å². The monoisotopic (exact) mass is 198 g/mol. The van der Waals surface area contributed by atoms with Crippen LogP contribution >= 0.6 is 0 Å². The van der Waals surface area contributed by atoms with Crippen molar-refractivity contribution in [2.75, 3.05) is 0 Å². The fourth-order valence-electron chi connectivity index (χ4n) is 1.65. The quantitative estimate of drug-likeness (QED) is 0.360. The molecule has 0 amide bonds. The van der Waals surface area contributed by atoms with Crippen LogP contribution < -0.4 is 0 Å². The molecule has 0 aliphatic heterocycles. The SMILES string of the molecule is C=CCCCC1CC1O[Si](C)(C)C. The summed E-state index contributed by atoms with van der Waals surface area (Å²) in [5, 5.41) is 0. The molecule has 0 bridgehead atoms. The molecule has 2 atom stereocenters. The van der Waals surface area contributed by atoms with Crippen molar-refractivity contribution in [1.29, 1.82) is 0 Å². The minimum Gasteiger partial charge on any atom is -0.414 e. The molecule has 13 heavy (non-hydrogen) atoms. The molecule has 1 nitrogen and oxygen atoms in total. The van der Waals surface area contributed by atoms with Crippen LogP contribution in [0.15, 0.2) is 12.7 Å². The van der Waals surface area contributed by atoms with Gasteiger partial charge in [-0.3, -0.25) is 0 Å². The molecule has 0 aromatic carbocycles. The Balaban J connectivity index is 2.06. The van der Waals surface area contributed by atoms with E-state index in [2.05, 4.69) is 26.2 Å². The zero-order valence-corrected chi connectivity index (χ0v) is 10.2. The molecule has 0 N–H and O–H groups in total. The van der Waals surface area contributed by atoms with E-state index in [1.807, 2.05) is 6.08 Å². The van der Waals surface area contributed by atoms with Gasteiger partial charge < -0.3 is 4.43 Å². The van der Waals surface area contributed by atoms with Crippen molar-refractivity contribution < 1.29 is 4.43 Å². The van der Waals surface area contributed by atoms with Crippen LogP contribution in [-0.2, 0) is 4.43 Å². The molecule has 1 rings (SSSR count). The molecular formula is C11H22OSi. The van der Waals surface area contributed by atoms with Crippen molar-refractivity contribution in [2.24, 2.45) is 5.92 Å². The van der Waals surface area contributed by atoms with Crippen LogP contribution in [0.3, 0.4) is 0 Å². The van der Waals surface area contributed by atoms with Crippen LogP contribution in [0.5, 0.6) is 0 Å². The second kappa shape index (κ2) is 4.42. The van der Waals surface area contributed by atoms with Crippen LogP contribution in [0, 0.1) is 5.92 Å². The summed E-state index contributed by atoms with van der Waals surface area (Å²) in [7, 11) is -1.27. The third-order valence-electron chi connectivity index (χ3n) is 2.35. The highest BCUT2D eigenvalue weighted by Gasteiger charge is 2.39. The van der Waals surface area contributed by atoms with E-state index < -0.39 is 8.32 Å². The first-order valence-corrected chi connectivity index (χ1v) is 8.72. The molecular weight excluding hydrogens is 176 g/mol. The Morgan fingerprint density at radius 3 is 2.69 bits per heavy atom. The van der Waals surface area contributed by atoms with Gasteiger partial charge in [-0.25, -0.2) is 0 Å². The average molecular weight is 198 g/mol. The summed E-state index contributed by atoms with van der Waals surface area (Å²) in [6, 6.07) is 0. The summed E-state index contributed by atoms with van der Waals surface area (Å²) in [5.74, 6) is 0.867. The summed E-state index contributed by atoms with van der Waals surface area (Å²) in [6.07, 6.45) is 7.71. The molecule has 1 fully saturated rings. The first kappa shape index (κ1) is 11.0. The summed E-state index contributed by atoms with van der Waals surface area (Å²) in [5.41, 5.74) is 0. The third kappa shape index (κ3) is 4.63. The smallest absolute Gasteiger partial charge is 0.184 e. The van der Waals surface area contributed by atoms with Gasteiger partial charge in [-0.1, -0.05) is 6.08 Å². The largest absolute Gasteiger partial charge is 0.414 e. The minimum atomic E-state index is -1.27. The van der Waals surface area contributed by atoms with E-state index in [1.165, 1.54) is 19.3 Å². The summed E-state index contributed by atoms with van der Waals surface area (Å²) >= 11 is 0. The minimum absolute atomic E-state index is 0.608. The predicted molar refractivity (Wildman–Crippen MR) is 60.4 cm³/mol. The van der Waals surface area contributed by atoms with Gasteiger partial charge in [0, 0.05) is 6.10 Å². The van der Waals surface area contributed by atoms with E-state index in [0.29, 0.717) is 6.10 Å². The number of unbranched alkanes of at least 4 members (excludes halogenated alkanes) is 1. The maximum Gasteiger partial charge on any atom is 0.184 e. The van der Waals surface area contributed by atoms with Gasteiger partial charge in [0.25, 0.3) is 0 Å². The fraction of sp³-hybridized carbons (Fsp3) is 0.818. The normalized spacial score (nSPS) is 27.3. The lowest BCUT2D eigenvalue weighted by Crippen LogP contribution is -2.27. The van der Waals surface area contributed by atoms with Gasteiger partial charge in [0.2, 0.25) is 0 Å². The molecule has 0 saturated heterocycles. The van der Waals surface area contributed by atoms with Crippen LogP contribution in [-0.4, -0.2) is 14.4 Å². The molecule has 1 aliphatic rings. The molecule has 0 radical (unpaired) electrons. The Hall–Kier alpha value is -0.0831. The molecule has 0 aromatic heterocycles. The predicted octanol–water partition coefficient (Wildman–Crippen LogP) is 3.58. The number of rotatable bonds is 6. The Morgan fingerprint density at radius 2 is 2.15 bits per heavy atom. The van der Waals surface area contributed by atoms with E-state index in [1.54, 1.807) is 0 Å². The molecule has 2 heteroatoms. The van der Waals surface area contributed by atoms with Gasteiger partial charge in [-0.2, -0.15) is 0 Å². The Bertz CT molecular complexity index is 171. The van der Waals surface area contributed by atoms with Crippen LogP contribution in [0.2, 0.25) is 19.6 Å².